The Bertz CT molecular complexity index is 1700. The van der Waals surface area contributed by atoms with Gasteiger partial charge in [0.05, 0.1) is 18.7 Å². The van der Waals surface area contributed by atoms with E-state index in [2.05, 4.69) is 27.0 Å². The van der Waals surface area contributed by atoms with Gasteiger partial charge in [0, 0.05) is 38.3 Å². The van der Waals surface area contributed by atoms with E-state index in [-0.39, 0.29) is 34.5 Å². The summed E-state index contributed by atoms with van der Waals surface area (Å²) in [6.45, 7) is 0.590. The molecule has 2 aromatic rings. The van der Waals surface area contributed by atoms with E-state index in [9.17, 15) is 20.1 Å². The largest absolute Gasteiger partial charge is 0.504 e. The van der Waals surface area contributed by atoms with Crippen molar-refractivity contribution in [1.29, 1.82) is 0 Å². The van der Waals surface area contributed by atoms with Gasteiger partial charge < -0.3 is 45.5 Å². The summed E-state index contributed by atoms with van der Waals surface area (Å²) in [6.07, 6.45) is 14.2. The van der Waals surface area contributed by atoms with Crippen molar-refractivity contribution in [2.24, 2.45) is 22.2 Å². The van der Waals surface area contributed by atoms with Crippen LogP contribution in [0.2, 0.25) is 0 Å². The van der Waals surface area contributed by atoms with Gasteiger partial charge in [-0.1, -0.05) is 53.0 Å². The Morgan fingerprint density at radius 2 is 1.85 bits per heavy atom. The quantitative estimate of drug-likeness (QED) is 0.0813. The number of anilines is 1. The number of allylic oxidation sites excluding steroid dienone is 2. The number of ketones is 1. The second-order valence-electron chi connectivity index (χ2n) is 16.0. The summed E-state index contributed by atoms with van der Waals surface area (Å²) in [5.41, 5.74) is 1.19. The number of aliphatic imine (C=N–C) groups is 1. The molecule has 1 spiro atoms. The molecule has 302 valence electrons. The Morgan fingerprint density at radius 3 is 2.60 bits per heavy atom. The van der Waals surface area contributed by atoms with Crippen LogP contribution in [0.15, 0.2) is 47.5 Å². The van der Waals surface area contributed by atoms with E-state index < -0.39 is 17.3 Å². The van der Waals surface area contributed by atoms with Gasteiger partial charge in [-0.05, 0) is 124 Å². The Morgan fingerprint density at radius 1 is 1.04 bits per heavy atom. The maximum atomic E-state index is 14.7. The first-order valence-corrected chi connectivity index (χ1v) is 22.3. The highest BCUT2D eigenvalue weighted by Gasteiger charge is 2.48. The number of phenolic OH excluding ortho intramolecular Hbond substituents is 2. The number of nitrogens with zero attached hydrogens (tertiary/aromatic N) is 1. The SMILES string of the molecule is CN=C1NCSSCC2CCCC2(Cc2ccc(O)c(OC)c2)C(=O)C=CCC2(CCCC2)c2cc(c(O)c(OC3(CNC)CCC(CC(O)OC)C3)c2)N1. The number of nitrogens with one attached hydrogen (secondary N) is 3. The van der Waals surface area contributed by atoms with E-state index in [1.807, 2.05) is 37.4 Å². The maximum Gasteiger partial charge on any atom is 0.196 e. The predicted octanol–water partition coefficient (Wildman–Crippen LogP) is 7.29. The molecule has 4 aliphatic rings. The lowest BCUT2D eigenvalue weighted by molar-refractivity contribution is -0.125. The lowest BCUT2D eigenvalue weighted by Gasteiger charge is -2.34. The van der Waals surface area contributed by atoms with Gasteiger partial charge >= 0.3 is 0 Å². The summed E-state index contributed by atoms with van der Waals surface area (Å²) < 4.78 is 17.6. The summed E-state index contributed by atoms with van der Waals surface area (Å²) in [5, 5.41) is 42.6. The highest BCUT2D eigenvalue weighted by Crippen LogP contribution is 2.52. The van der Waals surface area contributed by atoms with Crippen LogP contribution in [0.4, 0.5) is 5.69 Å². The smallest absolute Gasteiger partial charge is 0.196 e. The molecule has 0 amide bonds. The molecular formula is C42H60N4O7S2. The fourth-order valence-corrected chi connectivity index (χ4v) is 12.0. The first kappa shape index (κ1) is 41.5. The highest BCUT2D eigenvalue weighted by molar-refractivity contribution is 8.76. The molecule has 5 unspecified atom stereocenters. The number of likely N-dealkylation sites (N-methyl/N-ethyl adjacent to an activating group) is 1. The summed E-state index contributed by atoms with van der Waals surface area (Å²) in [6, 6.07) is 9.51. The minimum Gasteiger partial charge on any atom is -0.504 e. The number of aliphatic hydroxyl groups is 1. The van der Waals surface area contributed by atoms with E-state index in [0.29, 0.717) is 61.3 Å². The molecule has 3 aliphatic carbocycles. The standard InChI is InChI=1S/C42H60N4O7S2/c1-43-26-41(18-13-29(23-41)20-37(49)52-4)53-35-22-31-21-32(38(35)50)46-39(44-2)45-27-55-54-25-30-9-7-17-42(30,24-28-11-12-33(47)34(19-28)51-3)36(48)10-8-16-40(31)14-5-6-15-40/h8,10-12,19,21-22,29-30,37,43,47,49-50H,5-7,9,13-18,20,23-27H2,1-4H3,(H2,44,45,46). The number of hydrogen-bond acceptors (Lipinski definition) is 11. The molecule has 1 heterocycles. The Balaban J connectivity index is 1.37. The second kappa shape index (κ2) is 18.4. The number of phenols is 2. The molecule has 2 bridgehead atoms. The average molecular weight is 797 g/mol. The number of benzene rings is 2. The van der Waals surface area contributed by atoms with Crippen molar-refractivity contribution in [2.45, 2.75) is 101 Å². The van der Waals surface area contributed by atoms with Gasteiger partial charge in [-0.15, -0.1) is 0 Å². The molecule has 3 fully saturated rings. The van der Waals surface area contributed by atoms with Gasteiger partial charge in [-0.2, -0.15) is 0 Å². The number of aromatic hydroxyl groups is 2. The third-order valence-electron chi connectivity index (χ3n) is 12.7. The molecule has 2 aromatic carbocycles. The average Bonchev–Trinajstić information content (AvgIpc) is 3.93. The summed E-state index contributed by atoms with van der Waals surface area (Å²) in [5.74, 6) is 3.49. The van der Waals surface area contributed by atoms with Crippen LogP contribution in [-0.4, -0.2) is 85.4 Å². The van der Waals surface area contributed by atoms with Gasteiger partial charge in [0.1, 0.15) is 5.60 Å². The van der Waals surface area contributed by atoms with Crippen LogP contribution in [-0.2, 0) is 21.4 Å². The molecule has 0 saturated heterocycles. The first-order chi connectivity index (χ1) is 26.6. The minimum absolute atomic E-state index is 0.0296. The molecule has 0 radical (unpaired) electrons. The van der Waals surface area contributed by atoms with E-state index in [4.69, 9.17) is 14.2 Å². The van der Waals surface area contributed by atoms with Crippen molar-refractivity contribution in [3.05, 3.63) is 53.6 Å². The Kier molecular flexibility index (Phi) is 13.9. The van der Waals surface area contributed by atoms with Gasteiger partial charge in [-0.3, -0.25) is 9.79 Å². The van der Waals surface area contributed by atoms with Crippen LogP contribution in [0.1, 0.15) is 88.2 Å². The Hall–Kier alpha value is -3.10. The summed E-state index contributed by atoms with van der Waals surface area (Å²) in [7, 11) is 10.2. The van der Waals surface area contributed by atoms with Crippen molar-refractivity contribution < 1.29 is 34.3 Å². The van der Waals surface area contributed by atoms with Gasteiger partial charge in [0.15, 0.2) is 41.0 Å². The molecule has 6 rings (SSSR count). The van der Waals surface area contributed by atoms with Crippen LogP contribution in [0.3, 0.4) is 0 Å². The van der Waals surface area contributed by atoms with Crippen LogP contribution < -0.4 is 25.4 Å². The number of guanidine groups is 1. The predicted molar refractivity (Wildman–Crippen MR) is 222 cm³/mol. The number of methoxy groups -OCH3 is 2. The molecule has 0 aromatic heterocycles. The van der Waals surface area contributed by atoms with Crippen LogP contribution in [0.5, 0.6) is 23.0 Å². The van der Waals surface area contributed by atoms with Crippen molar-refractivity contribution in [1.82, 2.24) is 10.6 Å². The van der Waals surface area contributed by atoms with Gasteiger partial charge in [0.2, 0.25) is 0 Å². The fraction of sp³-hybridized carbons (Fsp3) is 0.619. The zero-order valence-corrected chi connectivity index (χ0v) is 34.5. The molecule has 6 N–H and O–H groups in total. The second-order valence-corrected chi connectivity index (χ2v) is 18.5. The first-order valence-electron chi connectivity index (χ1n) is 19.8. The topological polar surface area (TPSA) is 154 Å². The number of rotatable bonds is 10. The molecule has 55 heavy (non-hydrogen) atoms. The molecule has 11 nitrogen and oxygen atoms in total. The van der Waals surface area contributed by atoms with E-state index in [0.717, 1.165) is 74.7 Å². The lowest BCUT2D eigenvalue weighted by atomic mass is 9.70. The van der Waals surface area contributed by atoms with Crippen molar-refractivity contribution in [3.8, 4) is 23.0 Å². The zero-order chi connectivity index (χ0) is 39.1. The third kappa shape index (κ3) is 9.38. The molecular weight excluding hydrogens is 737 g/mol. The summed E-state index contributed by atoms with van der Waals surface area (Å²) >= 11 is 0. The number of carbonyl (C=O) groups is 1. The van der Waals surface area contributed by atoms with Gasteiger partial charge in [0.25, 0.3) is 0 Å². The number of aliphatic hydroxyl groups excluding tert-OH is 1. The van der Waals surface area contributed by atoms with Crippen molar-refractivity contribution in [3.63, 3.8) is 0 Å². The molecule has 3 saturated carbocycles. The third-order valence-corrected chi connectivity index (χ3v) is 14.9. The molecule has 1 aliphatic heterocycles. The molecule has 5 atom stereocenters. The summed E-state index contributed by atoms with van der Waals surface area (Å²) in [4.78, 5) is 19.2. The minimum atomic E-state index is -0.823. The van der Waals surface area contributed by atoms with Crippen molar-refractivity contribution in [2.75, 3.05) is 51.8 Å². The van der Waals surface area contributed by atoms with E-state index in [1.54, 1.807) is 41.8 Å². The fourth-order valence-electron chi connectivity index (χ4n) is 9.74. The van der Waals surface area contributed by atoms with Crippen LogP contribution in [0.25, 0.3) is 0 Å². The monoisotopic (exact) mass is 796 g/mol. The molecule has 13 heteroatoms. The normalized spacial score (nSPS) is 28.4. The number of hydrogen-bond donors (Lipinski definition) is 6. The maximum absolute atomic E-state index is 14.7. The van der Waals surface area contributed by atoms with Crippen LogP contribution >= 0.6 is 21.6 Å². The van der Waals surface area contributed by atoms with E-state index in [1.165, 1.54) is 7.11 Å². The van der Waals surface area contributed by atoms with Crippen molar-refractivity contribution >= 4 is 39.0 Å². The number of ether oxygens (including phenoxy) is 3. The lowest BCUT2D eigenvalue weighted by Crippen LogP contribution is -2.43. The van der Waals surface area contributed by atoms with Gasteiger partial charge in [-0.25, -0.2) is 0 Å². The zero-order valence-electron chi connectivity index (χ0n) is 32.8. The van der Waals surface area contributed by atoms with E-state index >= 15 is 0 Å². The Labute approximate surface area is 334 Å². The highest BCUT2D eigenvalue weighted by atomic mass is 33.1. The number of fused-ring (bicyclic) bond motifs is 4. The van der Waals surface area contributed by atoms with Crippen LogP contribution in [0, 0.1) is 17.3 Å². The number of carbonyl (C=O) groups excluding carboxylic acids is 1.